The van der Waals surface area contributed by atoms with Crippen LogP contribution in [0.1, 0.15) is 11.1 Å². The van der Waals surface area contributed by atoms with E-state index in [0.29, 0.717) is 11.3 Å². The fourth-order valence-electron chi connectivity index (χ4n) is 2.59. The summed E-state index contributed by atoms with van der Waals surface area (Å²) in [6, 6.07) is 9.27. The third-order valence-corrected chi connectivity index (χ3v) is 4.25. The minimum absolute atomic E-state index is 0.0453. The average Bonchev–Trinajstić information content (AvgIpc) is 2.62. The van der Waals surface area contributed by atoms with E-state index in [1.54, 1.807) is 30.3 Å². The van der Waals surface area contributed by atoms with Gasteiger partial charge in [0.15, 0.2) is 0 Å². The number of carboxylic acid groups (broad SMARTS) is 1. The fraction of sp³-hybridized carbons (Fsp3) is 0.105. The molecule has 2 aromatic rings. The molecule has 9 heteroatoms. The summed E-state index contributed by atoms with van der Waals surface area (Å²) in [4.78, 5) is 11.2. The van der Waals surface area contributed by atoms with Gasteiger partial charge in [0.25, 0.3) is 0 Å². The molecule has 146 valence electrons. The first-order valence-electron chi connectivity index (χ1n) is 7.76. The topological polar surface area (TPSA) is 55.8 Å². The molecule has 0 fully saturated rings. The highest BCUT2D eigenvalue weighted by Crippen LogP contribution is 2.42. The summed E-state index contributed by atoms with van der Waals surface area (Å²) >= 11 is 11.8. The lowest BCUT2D eigenvalue weighted by Crippen LogP contribution is -2.40. The number of aliphatic carboxylic acids is 1. The van der Waals surface area contributed by atoms with Crippen LogP contribution in [0, 0.1) is 0 Å². The number of halogens is 5. The Kier molecular flexibility index (Phi) is 5.58. The Morgan fingerprint density at radius 2 is 1.93 bits per heavy atom. The van der Waals surface area contributed by atoms with Crippen molar-refractivity contribution in [2.75, 3.05) is 0 Å². The summed E-state index contributed by atoms with van der Waals surface area (Å²) in [5.41, 5.74) is 1.08. The highest BCUT2D eigenvalue weighted by Gasteiger charge is 2.48. The number of ether oxygens (including phenoxy) is 2. The summed E-state index contributed by atoms with van der Waals surface area (Å²) in [6.07, 6.45) is -5.04. The van der Waals surface area contributed by atoms with Crippen molar-refractivity contribution < 1.29 is 32.5 Å². The van der Waals surface area contributed by atoms with Crippen molar-refractivity contribution in [3.8, 4) is 17.2 Å². The van der Waals surface area contributed by atoms with Gasteiger partial charge in [-0.05, 0) is 24.3 Å². The average molecular weight is 431 g/mol. The van der Waals surface area contributed by atoms with Gasteiger partial charge in [-0.25, -0.2) is 4.79 Å². The molecular formula is C19H11Cl2F3O4. The van der Waals surface area contributed by atoms with E-state index in [1.165, 1.54) is 17.7 Å². The first kappa shape index (κ1) is 20.1. The lowest BCUT2D eigenvalue weighted by molar-refractivity contribution is -0.187. The Bertz CT molecular complexity index is 984. The second-order valence-electron chi connectivity index (χ2n) is 5.70. The molecule has 1 aliphatic rings. The highest BCUT2D eigenvalue weighted by atomic mass is 35.5. The molecule has 1 unspecified atom stereocenters. The quantitative estimate of drug-likeness (QED) is 0.633. The van der Waals surface area contributed by atoms with Gasteiger partial charge in [0.05, 0.1) is 10.6 Å². The molecule has 0 aromatic heterocycles. The van der Waals surface area contributed by atoms with Crippen LogP contribution in [-0.2, 0) is 4.79 Å². The van der Waals surface area contributed by atoms with Crippen molar-refractivity contribution in [3.63, 3.8) is 0 Å². The van der Waals surface area contributed by atoms with Gasteiger partial charge in [-0.1, -0.05) is 41.4 Å². The van der Waals surface area contributed by atoms with Crippen LogP contribution in [0.15, 0.2) is 47.5 Å². The Morgan fingerprint density at radius 1 is 1.21 bits per heavy atom. The van der Waals surface area contributed by atoms with Gasteiger partial charge in [0.1, 0.15) is 17.2 Å². The molecule has 0 saturated heterocycles. The summed E-state index contributed by atoms with van der Waals surface area (Å²) in [6.45, 7) is 0. The number of carboxylic acids is 1. The molecule has 0 aliphatic carbocycles. The van der Waals surface area contributed by atoms with Crippen LogP contribution < -0.4 is 9.47 Å². The van der Waals surface area contributed by atoms with Gasteiger partial charge in [-0.3, -0.25) is 0 Å². The Labute approximate surface area is 167 Å². The molecular weight excluding hydrogens is 420 g/mol. The van der Waals surface area contributed by atoms with Gasteiger partial charge in [-0.2, -0.15) is 13.2 Å². The normalized spacial score (nSPS) is 16.3. The van der Waals surface area contributed by atoms with Gasteiger partial charge in [-0.15, -0.1) is 0 Å². The predicted molar refractivity (Wildman–Crippen MR) is 98.9 cm³/mol. The first-order valence-corrected chi connectivity index (χ1v) is 8.57. The van der Waals surface area contributed by atoms with E-state index in [2.05, 4.69) is 0 Å². The van der Waals surface area contributed by atoms with Crippen molar-refractivity contribution >= 4 is 41.3 Å². The predicted octanol–water partition coefficient (Wildman–Crippen LogP) is 6.13. The summed E-state index contributed by atoms with van der Waals surface area (Å²) in [5, 5.41) is 9.14. The maximum absolute atomic E-state index is 13.2. The largest absolute Gasteiger partial charge is 0.478 e. The van der Waals surface area contributed by atoms with Crippen LogP contribution in [0.2, 0.25) is 5.02 Å². The molecule has 1 atom stereocenters. The van der Waals surface area contributed by atoms with Crippen molar-refractivity contribution in [3.05, 3.63) is 63.7 Å². The van der Waals surface area contributed by atoms with Crippen molar-refractivity contribution in [1.29, 1.82) is 0 Å². The lowest BCUT2D eigenvalue weighted by atomic mass is 10.0. The zero-order chi connectivity index (χ0) is 20.5. The number of rotatable bonds is 4. The lowest BCUT2D eigenvalue weighted by Gasteiger charge is -2.27. The molecule has 0 bridgehead atoms. The summed E-state index contributed by atoms with van der Waals surface area (Å²) < 4.78 is 50.3. The zero-order valence-electron chi connectivity index (χ0n) is 13.8. The second-order valence-corrected chi connectivity index (χ2v) is 6.36. The van der Waals surface area contributed by atoms with E-state index < -0.39 is 23.8 Å². The number of benzene rings is 2. The fourth-order valence-corrected chi connectivity index (χ4v) is 2.94. The van der Waals surface area contributed by atoms with Crippen molar-refractivity contribution in [2.45, 2.75) is 12.3 Å². The number of para-hydroxylation sites is 1. The Balaban J connectivity index is 2.03. The molecule has 0 amide bonds. The monoisotopic (exact) mass is 430 g/mol. The molecule has 0 saturated carbocycles. The minimum Gasteiger partial charge on any atom is -0.478 e. The van der Waals surface area contributed by atoms with Crippen LogP contribution in [0.25, 0.3) is 12.2 Å². The molecule has 1 heterocycles. The molecule has 0 spiro atoms. The zero-order valence-corrected chi connectivity index (χ0v) is 15.3. The molecule has 0 radical (unpaired) electrons. The SMILES string of the molecule is O=C(O)C1=Cc2cc(Cl)c(Oc3ccccc3C=CCl)cc2OC1C(F)(F)F. The number of carbonyl (C=O) groups is 1. The van der Waals surface area contributed by atoms with Crippen LogP contribution in [-0.4, -0.2) is 23.4 Å². The summed E-state index contributed by atoms with van der Waals surface area (Å²) in [5.74, 6) is -1.52. The summed E-state index contributed by atoms with van der Waals surface area (Å²) in [7, 11) is 0. The van der Waals surface area contributed by atoms with Crippen molar-refractivity contribution in [1.82, 2.24) is 0 Å². The number of alkyl halides is 3. The third-order valence-electron chi connectivity index (χ3n) is 3.83. The van der Waals surface area contributed by atoms with Gasteiger partial charge in [0, 0.05) is 22.7 Å². The van der Waals surface area contributed by atoms with Crippen LogP contribution >= 0.6 is 23.2 Å². The van der Waals surface area contributed by atoms with E-state index in [9.17, 15) is 18.0 Å². The first-order chi connectivity index (χ1) is 13.2. The molecule has 28 heavy (non-hydrogen) atoms. The van der Waals surface area contributed by atoms with E-state index in [4.69, 9.17) is 37.8 Å². The van der Waals surface area contributed by atoms with E-state index >= 15 is 0 Å². The Morgan fingerprint density at radius 3 is 2.57 bits per heavy atom. The van der Waals surface area contributed by atoms with E-state index in [0.717, 1.165) is 6.08 Å². The molecule has 3 rings (SSSR count). The van der Waals surface area contributed by atoms with E-state index in [1.807, 2.05) is 0 Å². The van der Waals surface area contributed by atoms with Crippen molar-refractivity contribution in [2.24, 2.45) is 0 Å². The molecule has 1 N–H and O–H groups in total. The highest BCUT2D eigenvalue weighted by molar-refractivity contribution is 6.32. The molecule has 4 nitrogen and oxygen atoms in total. The van der Waals surface area contributed by atoms with Gasteiger partial charge < -0.3 is 14.6 Å². The Hall–Kier alpha value is -2.64. The number of hydrogen-bond acceptors (Lipinski definition) is 3. The maximum Gasteiger partial charge on any atom is 0.430 e. The second kappa shape index (κ2) is 7.77. The van der Waals surface area contributed by atoms with Crippen LogP contribution in [0.4, 0.5) is 13.2 Å². The van der Waals surface area contributed by atoms with Crippen LogP contribution in [0.5, 0.6) is 17.2 Å². The number of fused-ring (bicyclic) bond motifs is 1. The molecule has 2 aromatic carbocycles. The number of hydrogen-bond donors (Lipinski definition) is 1. The van der Waals surface area contributed by atoms with Gasteiger partial charge >= 0.3 is 12.1 Å². The third kappa shape index (κ3) is 4.10. The van der Waals surface area contributed by atoms with Crippen LogP contribution in [0.3, 0.4) is 0 Å². The molecule has 1 aliphatic heterocycles. The van der Waals surface area contributed by atoms with Gasteiger partial charge in [0.2, 0.25) is 6.10 Å². The smallest absolute Gasteiger partial charge is 0.430 e. The minimum atomic E-state index is -4.90. The van der Waals surface area contributed by atoms with E-state index in [-0.39, 0.29) is 22.1 Å². The standard InChI is InChI=1S/C19H11Cl2F3O4/c20-6-5-10-3-1-2-4-14(10)27-16-9-15-11(8-13(16)21)7-12(18(25)26)17(28-15)19(22,23)24/h1-9,17H,(H,25,26). The maximum atomic E-state index is 13.2.